The van der Waals surface area contributed by atoms with Gasteiger partial charge in [-0.15, -0.1) is 0 Å². The van der Waals surface area contributed by atoms with Gasteiger partial charge < -0.3 is 0 Å². The molecule has 90 valence electrons. The maximum absolute atomic E-state index is 11.9. The van der Waals surface area contributed by atoms with Gasteiger partial charge in [0.15, 0.2) is 0 Å². The molecule has 0 aliphatic rings. The summed E-state index contributed by atoms with van der Waals surface area (Å²) in [6.45, 7) is 0.371. The van der Waals surface area contributed by atoms with E-state index < -0.39 is 0 Å². The third-order valence-corrected chi connectivity index (χ3v) is 4.26. The molecule has 4 nitrogen and oxygen atoms in total. The molecule has 1 heterocycles. The molecule has 2 rings (SSSR count). The molecule has 2 aromatic rings. The first-order valence-corrected chi connectivity index (χ1v) is 6.60. The van der Waals surface area contributed by atoms with Crippen LogP contribution in [0.15, 0.2) is 44.2 Å². The van der Waals surface area contributed by atoms with E-state index in [4.69, 9.17) is 5.26 Å². The molecule has 0 aliphatic carbocycles. The highest BCUT2D eigenvalue weighted by atomic mass is 79.9. The van der Waals surface area contributed by atoms with E-state index in [0.717, 1.165) is 5.56 Å². The highest BCUT2D eigenvalue weighted by Crippen LogP contribution is 2.16. The Balaban J connectivity index is 2.32. The SMILES string of the molecule is N#Cc1ccc(Cn2ncc(Br)c(Br)c2=O)cc1. The van der Waals surface area contributed by atoms with E-state index in [1.54, 1.807) is 18.3 Å². The molecule has 0 N–H and O–H groups in total. The van der Waals surface area contributed by atoms with Crippen LogP contribution in [0.25, 0.3) is 0 Å². The van der Waals surface area contributed by atoms with Gasteiger partial charge in [0.2, 0.25) is 0 Å². The van der Waals surface area contributed by atoms with Gasteiger partial charge in [-0.1, -0.05) is 12.1 Å². The molecule has 6 heteroatoms. The zero-order chi connectivity index (χ0) is 13.1. The van der Waals surface area contributed by atoms with Crippen molar-refractivity contribution in [3.05, 3.63) is 60.9 Å². The summed E-state index contributed by atoms with van der Waals surface area (Å²) in [5, 5.41) is 12.7. The van der Waals surface area contributed by atoms with Crippen molar-refractivity contribution in [3.8, 4) is 6.07 Å². The van der Waals surface area contributed by atoms with Crippen molar-refractivity contribution in [2.75, 3.05) is 0 Å². The number of hydrogen-bond acceptors (Lipinski definition) is 3. The van der Waals surface area contributed by atoms with Crippen molar-refractivity contribution in [2.24, 2.45) is 0 Å². The molecule has 0 amide bonds. The minimum absolute atomic E-state index is 0.200. The lowest BCUT2D eigenvalue weighted by molar-refractivity contribution is 0.633. The number of aromatic nitrogens is 2. The van der Waals surface area contributed by atoms with Gasteiger partial charge in [-0.05, 0) is 49.6 Å². The minimum Gasteiger partial charge on any atom is -0.266 e. The molecule has 0 fully saturated rings. The van der Waals surface area contributed by atoms with E-state index in [-0.39, 0.29) is 5.56 Å². The van der Waals surface area contributed by atoms with Crippen molar-refractivity contribution >= 4 is 31.9 Å². The van der Waals surface area contributed by atoms with Crippen LogP contribution in [0.5, 0.6) is 0 Å². The van der Waals surface area contributed by atoms with Gasteiger partial charge in [0, 0.05) is 0 Å². The van der Waals surface area contributed by atoms with E-state index in [0.29, 0.717) is 21.1 Å². The van der Waals surface area contributed by atoms with E-state index in [1.807, 2.05) is 18.2 Å². The van der Waals surface area contributed by atoms with Crippen LogP contribution in [0, 0.1) is 11.3 Å². The van der Waals surface area contributed by atoms with Crippen LogP contribution >= 0.6 is 31.9 Å². The van der Waals surface area contributed by atoms with Crippen LogP contribution in [0.4, 0.5) is 0 Å². The first kappa shape index (κ1) is 13.0. The Bertz CT molecular complexity index is 671. The first-order valence-electron chi connectivity index (χ1n) is 5.02. The Labute approximate surface area is 120 Å². The summed E-state index contributed by atoms with van der Waals surface area (Å²) in [7, 11) is 0. The molecule has 0 radical (unpaired) electrons. The van der Waals surface area contributed by atoms with E-state index in [2.05, 4.69) is 37.0 Å². The molecule has 0 bridgehead atoms. The molecule has 0 saturated carbocycles. The summed E-state index contributed by atoms with van der Waals surface area (Å²) < 4.78 is 2.44. The number of nitriles is 1. The van der Waals surface area contributed by atoms with Gasteiger partial charge in [-0.25, -0.2) is 4.68 Å². The van der Waals surface area contributed by atoms with E-state index in [1.165, 1.54) is 4.68 Å². The molecule has 18 heavy (non-hydrogen) atoms. The maximum Gasteiger partial charge on any atom is 0.282 e. The standard InChI is InChI=1S/C12H7Br2N3O/c13-10-6-16-17(12(18)11(10)14)7-9-3-1-8(5-15)2-4-9/h1-4,6H,7H2. The van der Waals surface area contributed by atoms with Gasteiger partial charge in [0.25, 0.3) is 5.56 Å². The third kappa shape index (κ3) is 2.68. The van der Waals surface area contributed by atoms with Crippen LogP contribution in [0.1, 0.15) is 11.1 Å². The average molecular weight is 369 g/mol. The maximum atomic E-state index is 11.9. The summed E-state index contributed by atoms with van der Waals surface area (Å²) in [6, 6.07) is 9.10. The van der Waals surface area contributed by atoms with Crippen LogP contribution in [0.3, 0.4) is 0 Å². The molecular weight excluding hydrogens is 362 g/mol. The van der Waals surface area contributed by atoms with E-state index in [9.17, 15) is 4.79 Å². The van der Waals surface area contributed by atoms with Crippen LogP contribution < -0.4 is 5.56 Å². The highest BCUT2D eigenvalue weighted by Gasteiger charge is 2.06. The monoisotopic (exact) mass is 367 g/mol. The number of nitrogens with zero attached hydrogens (tertiary/aromatic N) is 3. The van der Waals surface area contributed by atoms with Gasteiger partial charge in [0.05, 0.1) is 28.8 Å². The van der Waals surface area contributed by atoms with Crippen LogP contribution in [-0.4, -0.2) is 9.78 Å². The number of hydrogen-bond donors (Lipinski definition) is 0. The summed E-state index contributed by atoms with van der Waals surface area (Å²) in [6.07, 6.45) is 1.56. The molecule has 0 aliphatic heterocycles. The lowest BCUT2D eigenvalue weighted by Gasteiger charge is -2.05. The van der Waals surface area contributed by atoms with Crippen LogP contribution in [-0.2, 0) is 6.54 Å². The average Bonchev–Trinajstić information content (AvgIpc) is 2.40. The lowest BCUT2D eigenvalue weighted by Crippen LogP contribution is -2.24. The fourth-order valence-electron chi connectivity index (χ4n) is 1.42. The second-order valence-electron chi connectivity index (χ2n) is 3.58. The zero-order valence-electron chi connectivity index (χ0n) is 9.10. The highest BCUT2D eigenvalue weighted by molar-refractivity contribution is 9.13. The van der Waals surface area contributed by atoms with Gasteiger partial charge >= 0.3 is 0 Å². The second kappa shape index (κ2) is 5.46. The third-order valence-electron chi connectivity index (χ3n) is 2.36. The predicted octanol–water partition coefficient (Wildman–Crippen LogP) is 2.69. The molecule has 0 spiro atoms. The molecule has 1 aromatic carbocycles. The quantitative estimate of drug-likeness (QED) is 0.818. The fourth-order valence-corrected chi connectivity index (χ4v) is 1.98. The molecule has 0 saturated heterocycles. The number of rotatable bonds is 2. The van der Waals surface area contributed by atoms with Crippen molar-refractivity contribution in [1.82, 2.24) is 9.78 Å². The minimum atomic E-state index is -0.200. The van der Waals surface area contributed by atoms with Gasteiger partial charge in [-0.2, -0.15) is 10.4 Å². The van der Waals surface area contributed by atoms with E-state index >= 15 is 0 Å². The van der Waals surface area contributed by atoms with Crippen molar-refractivity contribution in [1.29, 1.82) is 5.26 Å². The Hall–Kier alpha value is -1.45. The number of benzene rings is 1. The van der Waals surface area contributed by atoms with Crippen molar-refractivity contribution in [3.63, 3.8) is 0 Å². The van der Waals surface area contributed by atoms with Crippen LogP contribution in [0.2, 0.25) is 0 Å². The zero-order valence-corrected chi connectivity index (χ0v) is 12.3. The molecule has 0 atom stereocenters. The molecule has 0 unspecified atom stereocenters. The van der Waals surface area contributed by atoms with Gasteiger partial charge in [0.1, 0.15) is 4.47 Å². The van der Waals surface area contributed by atoms with Gasteiger partial charge in [-0.3, -0.25) is 4.79 Å². The normalized spacial score (nSPS) is 10.1. The fraction of sp³-hybridized carbons (Fsp3) is 0.0833. The Kier molecular flexibility index (Phi) is 3.94. The predicted molar refractivity (Wildman–Crippen MR) is 74.2 cm³/mol. The Morgan fingerprint density at radius 3 is 2.56 bits per heavy atom. The van der Waals surface area contributed by atoms with Crippen molar-refractivity contribution < 1.29 is 0 Å². The first-order chi connectivity index (χ1) is 8.61. The summed E-state index contributed by atoms with van der Waals surface area (Å²) in [4.78, 5) is 11.9. The largest absolute Gasteiger partial charge is 0.282 e. The summed E-state index contributed by atoms with van der Waals surface area (Å²) in [5.41, 5.74) is 1.31. The molecular formula is C12H7Br2N3O. The topological polar surface area (TPSA) is 58.7 Å². The molecule has 1 aromatic heterocycles. The smallest absolute Gasteiger partial charge is 0.266 e. The second-order valence-corrected chi connectivity index (χ2v) is 5.23. The Morgan fingerprint density at radius 2 is 1.94 bits per heavy atom. The summed E-state index contributed by atoms with van der Waals surface area (Å²) in [5.74, 6) is 0. The Morgan fingerprint density at radius 1 is 1.28 bits per heavy atom. The summed E-state index contributed by atoms with van der Waals surface area (Å²) >= 11 is 6.43. The number of halogens is 2. The lowest BCUT2D eigenvalue weighted by atomic mass is 10.1. The van der Waals surface area contributed by atoms with Crippen molar-refractivity contribution in [2.45, 2.75) is 6.54 Å².